The summed E-state index contributed by atoms with van der Waals surface area (Å²) in [7, 11) is 1.76. The number of hydrogen-bond donors (Lipinski definition) is 1. The lowest BCUT2D eigenvalue weighted by Gasteiger charge is -2.36. The SMILES string of the molecule is COc1cccc2c1CNCC2CN1CCC1. The summed E-state index contributed by atoms with van der Waals surface area (Å²) in [5.74, 6) is 1.65. The second kappa shape index (κ2) is 4.67. The van der Waals surface area contributed by atoms with Crippen LogP contribution in [0.5, 0.6) is 5.75 Å². The van der Waals surface area contributed by atoms with E-state index in [2.05, 4.69) is 28.4 Å². The van der Waals surface area contributed by atoms with Crippen LogP contribution in [-0.2, 0) is 6.54 Å². The maximum absolute atomic E-state index is 5.45. The third kappa shape index (κ3) is 2.05. The molecule has 2 heterocycles. The van der Waals surface area contributed by atoms with Crippen LogP contribution in [0.15, 0.2) is 18.2 Å². The number of nitrogens with one attached hydrogen (secondary N) is 1. The van der Waals surface area contributed by atoms with Crippen molar-refractivity contribution in [1.82, 2.24) is 10.2 Å². The van der Waals surface area contributed by atoms with Gasteiger partial charge in [0.2, 0.25) is 0 Å². The first-order valence-corrected chi connectivity index (χ1v) is 6.47. The zero-order valence-electron chi connectivity index (χ0n) is 10.4. The second-order valence-corrected chi connectivity index (χ2v) is 5.01. The average molecular weight is 232 g/mol. The fourth-order valence-electron chi connectivity index (χ4n) is 2.87. The normalized spacial score (nSPS) is 23.9. The molecule has 0 aliphatic carbocycles. The number of rotatable bonds is 3. The Hall–Kier alpha value is -1.06. The Morgan fingerprint density at radius 1 is 1.41 bits per heavy atom. The van der Waals surface area contributed by atoms with Gasteiger partial charge in [0, 0.05) is 31.1 Å². The number of hydrogen-bond acceptors (Lipinski definition) is 3. The summed E-state index contributed by atoms with van der Waals surface area (Å²) in [4.78, 5) is 2.54. The van der Waals surface area contributed by atoms with Crippen molar-refractivity contribution in [2.24, 2.45) is 0 Å². The van der Waals surface area contributed by atoms with Crippen LogP contribution >= 0.6 is 0 Å². The average Bonchev–Trinajstić information content (AvgIpc) is 2.33. The first-order valence-electron chi connectivity index (χ1n) is 6.47. The van der Waals surface area contributed by atoms with E-state index in [-0.39, 0.29) is 0 Å². The van der Waals surface area contributed by atoms with E-state index in [1.54, 1.807) is 7.11 Å². The largest absolute Gasteiger partial charge is 0.496 e. The van der Waals surface area contributed by atoms with E-state index in [1.807, 2.05) is 0 Å². The zero-order valence-corrected chi connectivity index (χ0v) is 10.4. The predicted octanol–water partition coefficient (Wildman–Crippen LogP) is 1.59. The van der Waals surface area contributed by atoms with Crippen molar-refractivity contribution in [2.75, 3.05) is 33.3 Å². The molecular formula is C14H20N2O. The fraction of sp³-hybridized carbons (Fsp3) is 0.571. The fourth-order valence-corrected chi connectivity index (χ4v) is 2.87. The molecule has 0 saturated carbocycles. The highest BCUT2D eigenvalue weighted by Crippen LogP contribution is 2.31. The number of benzene rings is 1. The third-order valence-corrected chi connectivity index (χ3v) is 3.95. The molecule has 1 N–H and O–H groups in total. The van der Waals surface area contributed by atoms with Gasteiger partial charge < -0.3 is 15.0 Å². The molecule has 0 amide bonds. The van der Waals surface area contributed by atoms with Gasteiger partial charge in [0.15, 0.2) is 0 Å². The molecule has 3 heteroatoms. The molecule has 1 aromatic rings. The van der Waals surface area contributed by atoms with Gasteiger partial charge in [-0.15, -0.1) is 0 Å². The van der Waals surface area contributed by atoms with Crippen LogP contribution in [0, 0.1) is 0 Å². The van der Waals surface area contributed by atoms with Crippen LogP contribution in [0.2, 0.25) is 0 Å². The molecule has 0 aromatic heterocycles. The zero-order chi connectivity index (χ0) is 11.7. The molecule has 17 heavy (non-hydrogen) atoms. The van der Waals surface area contributed by atoms with Gasteiger partial charge in [0.25, 0.3) is 0 Å². The summed E-state index contributed by atoms with van der Waals surface area (Å²) in [6, 6.07) is 6.45. The Balaban J connectivity index is 1.85. The molecule has 92 valence electrons. The van der Waals surface area contributed by atoms with E-state index in [1.165, 1.54) is 37.2 Å². The van der Waals surface area contributed by atoms with Crippen molar-refractivity contribution < 1.29 is 4.74 Å². The van der Waals surface area contributed by atoms with Crippen molar-refractivity contribution >= 4 is 0 Å². The van der Waals surface area contributed by atoms with E-state index in [0.29, 0.717) is 5.92 Å². The maximum atomic E-state index is 5.45. The molecule has 2 aliphatic heterocycles. The van der Waals surface area contributed by atoms with E-state index in [9.17, 15) is 0 Å². The van der Waals surface area contributed by atoms with Gasteiger partial charge in [0.1, 0.15) is 5.75 Å². The maximum Gasteiger partial charge on any atom is 0.123 e. The van der Waals surface area contributed by atoms with Crippen molar-refractivity contribution in [3.63, 3.8) is 0 Å². The Labute approximate surface area is 103 Å². The topological polar surface area (TPSA) is 24.5 Å². The molecule has 0 radical (unpaired) electrons. The molecule has 3 rings (SSSR count). The van der Waals surface area contributed by atoms with Crippen LogP contribution in [0.25, 0.3) is 0 Å². The molecule has 2 aliphatic rings. The first kappa shape index (κ1) is 11.1. The number of likely N-dealkylation sites (tertiary alicyclic amines) is 1. The highest BCUT2D eigenvalue weighted by molar-refractivity contribution is 5.43. The number of nitrogens with zero attached hydrogens (tertiary/aromatic N) is 1. The van der Waals surface area contributed by atoms with E-state index in [4.69, 9.17) is 4.74 Å². The van der Waals surface area contributed by atoms with Crippen LogP contribution in [-0.4, -0.2) is 38.2 Å². The Kier molecular flexibility index (Phi) is 3.04. The predicted molar refractivity (Wildman–Crippen MR) is 68.5 cm³/mol. The molecule has 1 aromatic carbocycles. The number of methoxy groups -OCH3 is 1. The van der Waals surface area contributed by atoms with Gasteiger partial charge in [-0.25, -0.2) is 0 Å². The summed E-state index contributed by atoms with van der Waals surface area (Å²) in [5, 5.41) is 3.51. The number of ether oxygens (including phenoxy) is 1. The minimum Gasteiger partial charge on any atom is -0.496 e. The Morgan fingerprint density at radius 2 is 2.29 bits per heavy atom. The third-order valence-electron chi connectivity index (χ3n) is 3.95. The van der Waals surface area contributed by atoms with Crippen molar-refractivity contribution in [2.45, 2.75) is 18.9 Å². The van der Waals surface area contributed by atoms with Gasteiger partial charge in [-0.3, -0.25) is 0 Å². The van der Waals surface area contributed by atoms with Crippen molar-refractivity contribution in [3.05, 3.63) is 29.3 Å². The summed E-state index contributed by atoms with van der Waals surface area (Å²) >= 11 is 0. The molecular weight excluding hydrogens is 212 g/mol. The number of fused-ring (bicyclic) bond motifs is 1. The van der Waals surface area contributed by atoms with E-state index < -0.39 is 0 Å². The van der Waals surface area contributed by atoms with Gasteiger partial charge in [-0.05, 0) is 31.1 Å². The van der Waals surface area contributed by atoms with Gasteiger partial charge in [-0.1, -0.05) is 12.1 Å². The van der Waals surface area contributed by atoms with E-state index >= 15 is 0 Å². The highest BCUT2D eigenvalue weighted by Gasteiger charge is 2.26. The van der Waals surface area contributed by atoms with E-state index in [0.717, 1.165) is 18.8 Å². The molecule has 3 nitrogen and oxygen atoms in total. The lowest BCUT2D eigenvalue weighted by atomic mass is 9.89. The summed E-state index contributed by atoms with van der Waals surface area (Å²) in [6.07, 6.45) is 1.37. The molecule has 1 fully saturated rings. The first-order chi connectivity index (χ1) is 8.38. The molecule has 1 atom stereocenters. The molecule has 1 saturated heterocycles. The lowest BCUT2D eigenvalue weighted by Crippen LogP contribution is -2.43. The minimum absolute atomic E-state index is 0.620. The molecule has 0 spiro atoms. The quantitative estimate of drug-likeness (QED) is 0.856. The molecule has 1 unspecified atom stereocenters. The smallest absolute Gasteiger partial charge is 0.123 e. The van der Waals surface area contributed by atoms with Gasteiger partial charge in [0.05, 0.1) is 7.11 Å². The Morgan fingerprint density at radius 3 is 3.00 bits per heavy atom. The summed E-state index contributed by atoms with van der Waals surface area (Å²) < 4.78 is 5.45. The van der Waals surface area contributed by atoms with Crippen LogP contribution in [0.3, 0.4) is 0 Å². The van der Waals surface area contributed by atoms with Crippen molar-refractivity contribution in [1.29, 1.82) is 0 Å². The summed E-state index contributed by atoms with van der Waals surface area (Å²) in [6.45, 7) is 5.77. The lowest BCUT2D eigenvalue weighted by molar-refractivity contribution is 0.166. The van der Waals surface area contributed by atoms with Crippen LogP contribution in [0.1, 0.15) is 23.5 Å². The van der Waals surface area contributed by atoms with Crippen LogP contribution < -0.4 is 10.1 Å². The molecule has 0 bridgehead atoms. The standard InChI is InChI=1S/C14H20N2O/c1-17-14-5-2-4-12-11(8-15-9-13(12)14)10-16-6-3-7-16/h2,4-5,11,15H,3,6-10H2,1H3. The monoisotopic (exact) mass is 232 g/mol. The summed E-state index contributed by atoms with van der Waals surface area (Å²) in [5.41, 5.74) is 2.83. The Bertz CT molecular complexity index is 401. The van der Waals surface area contributed by atoms with Crippen LogP contribution in [0.4, 0.5) is 0 Å². The van der Waals surface area contributed by atoms with Gasteiger partial charge in [-0.2, -0.15) is 0 Å². The van der Waals surface area contributed by atoms with Gasteiger partial charge >= 0.3 is 0 Å². The van der Waals surface area contributed by atoms with Crippen molar-refractivity contribution in [3.8, 4) is 5.75 Å². The minimum atomic E-state index is 0.620. The highest BCUT2D eigenvalue weighted by atomic mass is 16.5. The second-order valence-electron chi connectivity index (χ2n) is 5.01.